The molecule has 270 valence electrons. The average molecular weight is 679 g/mol. The lowest BCUT2D eigenvalue weighted by Crippen LogP contribution is -2.20. The van der Waals surface area contributed by atoms with Crippen LogP contribution in [0.1, 0.15) is 160 Å². The fourth-order valence-electron chi connectivity index (χ4n) is 6.02. The number of hydrogen-bond acceptors (Lipinski definition) is 3. The smallest absolute Gasteiger partial charge is 0.330 e. The fourth-order valence-corrected chi connectivity index (χ4v) is 6.02. The lowest BCUT2D eigenvalue weighted by atomic mass is 9.83. The lowest BCUT2D eigenvalue weighted by Gasteiger charge is -2.18. The van der Waals surface area contributed by atoms with E-state index in [1.54, 1.807) is 32.1 Å². The van der Waals surface area contributed by atoms with Gasteiger partial charge in [0.05, 0.1) is 0 Å². The van der Waals surface area contributed by atoms with Gasteiger partial charge in [-0.15, -0.1) is 0 Å². The molecule has 0 atom stereocenters. The Balaban J connectivity index is 1.64. The van der Waals surface area contributed by atoms with Crippen LogP contribution in [0.15, 0.2) is 117 Å². The van der Waals surface area contributed by atoms with Crippen molar-refractivity contribution < 1.29 is 19.5 Å². The summed E-state index contributed by atoms with van der Waals surface area (Å²) in [7, 11) is 0. The van der Waals surface area contributed by atoms with Crippen molar-refractivity contribution in [1.29, 1.82) is 0 Å². The van der Waals surface area contributed by atoms with E-state index >= 15 is 0 Å². The van der Waals surface area contributed by atoms with Gasteiger partial charge in [-0.25, -0.2) is 4.79 Å². The second-order valence-electron chi connectivity index (χ2n) is 14.2. The van der Waals surface area contributed by atoms with Crippen LogP contribution in [0, 0.1) is 0 Å². The second kappa shape index (κ2) is 22.6. The zero-order chi connectivity index (χ0) is 37.1. The molecule has 0 aromatic heterocycles. The first kappa shape index (κ1) is 42.1. The summed E-state index contributed by atoms with van der Waals surface area (Å²) >= 11 is 0. The second-order valence-corrected chi connectivity index (χ2v) is 14.2. The largest absolute Gasteiger partial charge is 0.478 e. The average Bonchev–Trinajstić information content (AvgIpc) is 3.07. The molecule has 0 unspecified atom stereocenters. The molecule has 1 N–H and O–H groups in total. The van der Waals surface area contributed by atoms with Gasteiger partial charge in [-0.2, -0.15) is 0 Å². The van der Waals surface area contributed by atoms with Gasteiger partial charge in [0.1, 0.15) is 0 Å². The molecule has 0 saturated carbocycles. The summed E-state index contributed by atoms with van der Waals surface area (Å²) in [6, 6.07) is 7.12. The number of aliphatic carboxylic acids is 1. The van der Waals surface area contributed by atoms with E-state index in [4.69, 9.17) is 5.11 Å². The van der Waals surface area contributed by atoms with Crippen molar-refractivity contribution in [2.45, 2.75) is 139 Å². The molecule has 4 heteroatoms. The third kappa shape index (κ3) is 15.7. The summed E-state index contributed by atoms with van der Waals surface area (Å²) in [4.78, 5) is 36.6. The van der Waals surface area contributed by atoms with Crippen molar-refractivity contribution in [3.8, 4) is 0 Å². The van der Waals surface area contributed by atoms with Crippen molar-refractivity contribution >= 4 is 17.5 Å². The number of fused-ring (bicyclic) bond motifs is 1. The standard InChI is InChI=1S/C46H62O4/c1-33(19-12-20-35(3)23-14-24-37(5)27-16-28-39(7)46(49)50)17-11-18-34(2)21-13-22-36(4)25-15-26-38(6)31-32-41-40(8)44(47)42-29-9-10-30-43(42)45(41)48/h9-10,17,20-21,24-25,28-31H,11-16,18-19,22-23,26-27,32H2,1-8H3,(H,49,50)/b33-17+,34-21+,35-20+,36-25+,37-24+,38-31+,39-28+. The van der Waals surface area contributed by atoms with E-state index in [9.17, 15) is 14.4 Å². The summed E-state index contributed by atoms with van der Waals surface area (Å²) in [6.07, 6.45) is 28.4. The molecule has 0 radical (unpaired) electrons. The monoisotopic (exact) mass is 678 g/mol. The molecular formula is C46H62O4. The topological polar surface area (TPSA) is 71.4 Å². The third-order valence-corrected chi connectivity index (χ3v) is 9.62. The predicted octanol–water partition coefficient (Wildman–Crippen LogP) is 13.2. The number of hydrogen-bond donors (Lipinski definition) is 1. The SMILES string of the molecule is CC1=C(C/C=C(\C)CC/C=C(\C)CC/C=C(\C)CC/C=C(\C)CC/C=C(\C)CC/C=C(\C)CC/C=C(\C)C(=O)O)C(=O)c2ccccc2C1=O. The molecule has 1 aromatic carbocycles. The Bertz CT molecular complexity index is 1600. The van der Waals surface area contributed by atoms with Crippen molar-refractivity contribution in [2.75, 3.05) is 0 Å². The van der Waals surface area contributed by atoms with Crippen LogP contribution in [-0.4, -0.2) is 22.6 Å². The van der Waals surface area contributed by atoms with E-state index in [1.165, 1.54) is 33.4 Å². The highest BCUT2D eigenvalue weighted by Crippen LogP contribution is 2.28. The molecule has 0 amide bonds. The van der Waals surface area contributed by atoms with Gasteiger partial charge in [0.25, 0.3) is 0 Å². The quantitative estimate of drug-likeness (QED) is 0.104. The summed E-state index contributed by atoms with van der Waals surface area (Å²) in [5, 5.41) is 8.94. The molecule has 0 spiro atoms. The Kier molecular flexibility index (Phi) is 19.1. The minimum Gasteiger partial charge on any atom is -0.478 e. The summed E-state index contributed by atoms with van der Waals surface area (Å²) in [5.41, 5.74) is 11.0. The summed E-state index contributed by atoms with van der Waals surface area (Å²) in [6.45, 7) is 16.6. The first-order chi connectivity index (χ1) is 23.8. The van der Waals surface area contributed by atoms with Gasteiger partial charge in [-0.3, -0.25) is 9.59 Å². The van der Waals surface area contributed by atoms with Gasteiger partial charge in [0, 0.05) is 27.8 Å². The van der Waals surface area contributed by atoms with E-state index in [1.807, 2.05) is 12.1 Å². The minimum atomic E-state index is -0.836. The highest BCUT2D eigenvalue weighted by Gasteiger charge is 2.28. The Morgan fingerprint density at radius 2 is 0.840 bits per heavy atom. The number of Topliss-reactive ketones (excluding diaryl/α,β-unsaturated/α-hetero) is 2. The molecule has 0 aliphatic heterocycles. The molecule has 0 fully saturated rings. The van der Waals surface area contributed by atoms with E-state index in [-0.39, 0.29) is 11.6 Å². The number of carboxylic acid groups (broad SMARTS) is 1. The minimum absolute atomic E-state index is 0.0180. The number of carboxylic acids is 1. The first-order valence-corrected chi connectivity index (χ1v) is 18.5. The first-order valence-electron chi connectivity index (χ1n) is 18.5. The molecule has 0 bridgehead atoms. The Hall–Kier alpha value is -4.05. The molecule has 2 rings (SSSR count). The molecule has 1 aliphatic rings. The number of benzene rings is 1. The van der Waals surface area contributed by atoms with Crippen LogP contribution in [0.5, 0.6) is 0 Å². The fraction of sp³-hybridized carbons (Fsp3) is 0.457. The van der Waals surface area contributed by atoms with Gasteiger partial charge < -0.3 is 5.11 Å². The Labute approximate surface area is 303 Å². The summed E-state index contributed by atoms with van der Waals surface area (Å²) < 4.78 is 0. The van der Waals surface area contributed by atoms with Crippen molar-refractivity contribution in [3.05, 3.63) is 128 Å². The molecule has 0 heterocycles. The van der Waals surface area contributed by atoms with Crippen molar-refractivity contribution in [1.82, 2.24) is 0 Å². The van der Waals surface area contributed by atoms with Crippen LogP contribution < -0.4 is 0 Å². The number of allylic oxidation sites excluding steroid dienone is 15. The van der Waals surface area contributed by atoms with E-state index in [0.717, 1.165) is 77.0 Å². The van der Waals surface area contributed by atoms with Gasteiger partial charge >= 0.3 is 5.97 Å². The summed E-state index contributed by atoms with van der Waals surface area (Å²) in [5.74, 6) is -0.886. The maximum absolute atomic E-state index is 13.0. The Morgan fingerprint density at radius 1 is 0.520 bits per heavy atom. The van der Waals surface area contributed by atoms with Crippen LogP contribution in [0.3, 0.4) is 0 Å². The lowest BCUT2D eigenvalue weighted by molar-refractivity contribution is -0.132. The number of carbonyl (C=O) groups is 3. The Morgan fingerprint density at radius 3 is 1.20 bits per heavy atom. The van der Waals surface area contributed by atoms with Gasteiger partial charge in [-0.1, -0.05) is 100 Å². The van der Waals surface area contributed by atoms with Crippen LogP contribution in [-0.2, 0) is 4.79 Å². The van der Waals surface area contributed by atoms with E-state index < -0.39 is 5.97 Å². The number of carbonyl (C=O) groups excluding carboxylic acids is 2. The van der Waals surface area contributed by atoms with Crippen LogP contribution in [0.4, 0.5) is 0 Å². The maximum atomic E-state index is 13.0. The van der Waals surface area contributed by atoms with Crippen LogP contribution in [0.2, 0.25) is 0 Å². The van der Waals surface area contributed by atoms with Crippen LogP contribution in [0.25, 0.3) is 0 Å². The zero-order valence-corrected chi connectivity index (χ0v) is 32.2. The molecule has 1 aromatic rings. The molecular weight excluding hydrogens is 617 g/mol. The predicted molar refractivity (Wildman–Crippen MR) is 212 cm³/mol. The van der Waals surface area contributed by atoms with E-state index in [0.29, 0.717) is 34.3 Å². The molecule has 50 heavy (non-hydrogen) atoms. The zero-order valence-electron chi connectivity index (χ0n) is 32.2. The molecule has 0 saturated heterocycles. The maximum Gasteiger partial charge on any atom is 0.330 e. The third-order valence-electron chi connectivity index (χ3n) is 9.62. The number of rotatable bonds is 21. The number of ketones is 2. The van der Waals surface area contributed by atoms with E-state index in [2.05, 4.69) is 78.0 Å². The van der Waals surface area contributed by atoms with Crippen molar-refractivity contribution in [2.24, 2.45) is 0 Å². The van der Waals surface area contributed by atoms with Gasteiger partial charge in [0.15, 0.2) is 11.6 Å². The van der Waals surface area contributed by atoms with Crippen LogP contribution >= 0.6 is 0 Å². The van der Waals surface area contributed by atoms with Crippen molar-refractivity contribution in [3.63, 3.8) is 0 Å². The van der Waals surface area contributed by atoms with Gasteiger partial charge in [-0.05, 0) is 139 Å². The normalized spacial score (nSPS) is 15.6. The molecule has 1 aliphatic carbocycles. The van der Waals surface area contributed by atoms with Gasteiger partial charge in [0.2, 0.25) is 0 Å². The highest BCUT2D eigenvalue weighted by atomic mass is 16.4. The molecule has 4 nitrogen and oxygen atoms in total. The highest BCUT2D eigenvalue weighted by molar-refractivity contribution is 6.26.